The first kappa shape index (κ1) is 25.0. The van der Waals surface area contributed by atoms with Crippen LogP contribution in [-0.2, 0) is 21.4 Å². The van der Waals surface area contributed by atoms with Crippen LogP contribution in [0.5, 0.6) is 0 Å². The van der Waals surface area contributed by atoms with Crippen molar-refractivity contribution in [1.29, 1.82) is 0 Å². The SMILES string of the molecule is O=C(CCc1ccc(F)cc1)N1CC2(CCNCC2)c2cc(Cl)ccc21.O=C(O)C(F)(F)F. The highest BCUT2D eigenvalue weighted by atomic mass is 35.5. The maximum absolute atomic E-state index is 13.0. The molecule has 2 aliphatic rings. The number of carbonyl (C=O) groups excluding carboxylic acids is 1. The smallest absolute Gasteiger partial charge is 0.475 e. The van der Waals surface area contributed by atoms with Gasteiger partial charge in [-0.15, -0.1) is 0 Å². The fraction of sp³-hybridized carbons (Fsp3) is 0.391. The van der Waals surface area contributed by atoms with Crippen molar-refractivity contribution in [2.24, 2.45) is 0 Å². The first-order valence-corrected chi connectivity index (χ1v) is 10.8. The second-order valence-electron chi connectivity index (χ2n) is 8.10. The van der Waals surface area contributed by atoms with E-state index in [9.17, 15) is 22.4 Å². The molecule has 178 valence electrons. The van der Waals surface area contributed by atoms with Gasteiger partial charge in [-0.2, -0.15) is 13.2 Å². The molecule has 4 rings (SSSR count). The largest absolute Gasteiger partial charge is 0.490 e. The highest BCUT2D eigenvalue weighted by Crippen LogP contribution is 2.47. The molecule has 5 nitrogen and oxygen atoms in total. The molecule has 2 aromatic rings. The Kier molecular flexibility index (Phi) is 7.64. The van der Waals surface area contributed by atoms with Gasteiger partial charge in [0.2, 0.25) is 5.91 Å². The number of aryl methyl sites for hydroxylation is 1. The van der Waals surface area contributed by atoms with Crippen LogP contribution in [0, 0.1) is 5.82 Å². The molecule has 2 aromatic carbocycles. The molecular weight excluding hydrogens is 464 g/mol. The third kappa shape index (κ3) is 6.03. The van der Waals surface area contributed by atoms with Gasteiger partial charge in [0.15, 0.2) is 0 Å². The minimum atomic E-state index is -5.08. The number of fused-ring (bicyclic) bond motifs is 2. The predicted octanol–water partition coefficient (Wildman–Crippen LogP) is 4.71. The van der Waals surface area contributed by atoms with Gasteiger partial charge in [-0.1, -0.05) is 23.7 Å². The number of alkyl halides is 3. The molecule has 0 aromatic heterocycles. The fourth-order valence-electron chi connectivity index (χ4n) is 4.23. The molecule has 1 spiro atoms. The molecule has 0 unspecified atom stereocenters. The number of carboxylic acids is 1. The van der Waals surface area contributed by atoms with E-state index in [2.05, 4.69) is 5.32 Å². The molecule has 33 heavy (non-hydrogen) atoms. The summed E-state index contributed by atoms with van der Waals surface area (Å²) in [5.41, 5.74) is 3.20. The summed E-state index contributed by atoms with van der Waals surface area (Å²) in [6.07, 6.45) is -2.01. The van der Waals surface area contributed by atoms with Crippen LogP contribution in [0.3, 0.4) is 0 Å². The van der Waals surface area contributed by atoms with Crippen LogP contribution in [0.1, 0.15) is 30.4 Å². The number of nitrogens with zero attached hydrogens (tertiary/aromatic N) is 1. The zero-order valence-electron chi connectivity index (χ0n) is 17.6. The minimum Gasteiger partial charge on any atom is -0.475 e. The molecule has 10 heteroatoms. The quantitative estimate of drug-likeness (QED) is 0.616. The lowest BCUT2D eigenvalue weighted by Gasteiger charge is -2.34. The maximum Gasteiger partial charge on any atom is 0.490 e. The van der Waals surface area contributed by atoms with Crippen LogP contribution in [0.25, 0.3) is 0 Å². The molecular formula is C23H23ClF4N2O3. The van der Waals surface area contributed by atoms with Crippen LogP contribution in [0.4, 0.5) is 23.2 Å². The molecule has 0 bridgehead atoms. The molecule has 1 saturated heterocycles. The normalized spacial score (nSPS) is 16.7. The standard InChI is InChI=1S/C21H22ClFN2O.C2HF3O2/c22-16-4-7-19-18(13-16)21(9-11-24-12-10-21)14-25(19)20(26)8-3-15-1-5-17(23)6-2-15;3-2(4,5)1(6)7/h1-2,4-7,13,24H,3,8-12,14H2;(H,6,7). The molecule has 0 saturated carbocycles. The Morgan fingerprint density at radius 2 is 1.70 bits per heavy atom. The Morgan fingerprint density at radius 1 is 1.09 bits per heavy atom. The number of nitrogens with one attached hydrogen (secondary N) is 1. The summed E-state index contributed by atoms with van der Waals surface area (Å²) in [6, 6.07) is 12.2. The van der Waals surface area contributed by atoms with Gasteiger partial charge in [0.25, 0.3) is 0 Å². The van der Waals surface area contributed by atoms with Crippen molar-refractivity contribution in [2.75, 3.05) is 24.5 Å². The minimum absolute atomic E-state index is 0.0109. The number of piperidine rings is 1. The molecule has 2 N–H and O–H groups in total. The topological polar surface area (TPSA) is 69.6 Å². The van der Waals surface area contributed by atoms with E-state index in [1.54, 1.807) is 12.1 Å². The molecule has 2 aliphatic heterocycles. The summed E-state index contributed by atoms with van der Waals surface area (Å²) in [5, 5.41) is 11.3. The van der Waals surface area contributed by atoms with Crippen LogP contribution in [-0.4, -0.2) is 42.8 Å². The van der Waals surface area contributed by atoms with Gasteiger partial charge >= 0.3 is 12.1 Å². The second kappa shape index (κ2) is 10.1. The Labute approximate surface area is 193 Å². The number of hydrogen-bond acceptors (Lipinski definition) is 3. The number of carboxylic acid groups (broad SMARTS) is 1. The highest BCUT2D eigenvalue weighted by Gasteiger charge is 2.45. The molecule has 0 radical (unpaired) electrons. The number of carbonyl (C=O) groups is 2. The van der Waals surface area contributed by atoms with Crippen molar-refractivity contribution in [2.45, 2.75) is 37.3 Å². The van der Waals surface area contributed by atoms with Gasteiger partial charge in [-0.3, -0.25) is 4.79 Å². The number of benzene rings is 2. The van der Waals surface area contributed by atoms with Crippen LogP contribution < -0.4 is 10.2 Å². The van der Waals surface area contributed by atoms with E-state index < -0.39 is 12.1 Å². The zero-order chi connectivity index (χ0) is 24.2. The van der Waals surface area contributed by atoms with E-state index in [0.29, 0.717) is 12.8 Å². The van der Waals surface area contributed by atoms with Crippen molar-refractivity contribution in [3.05, 3.63) is 64.4 Å². The van der Waals surface area contributed by atoms with Crippen molar-refractivity contribution in [3.63, 3.8) is 0 Å². The summed E-state index contributed by atoms with van der Waals surface area (Å²) in [4.78, 5) is 23.8. The predicted molar refractivity (Wildman–Crippen MR) is 116 cm³/mol. The van der Waals surface area contributed by atoms with E-state index in [1.165, 1.54) is 17.7 Å². The van der Waals surface area contributed by atoms with Gasteiger partial charge in [0, 0.05) is 29.1 Å². The Hall–Kier alpha value is -2.65. The molecule has 1 amide bonds. The van der Waals surface area contributed by atoms with Gasteiger partial charge in [-0.05, 0) is 73.8 Å². The number of amides is 1. The van der Waals surface area contributed by atoms with Crippen LogP contribution in [0.15, 0.2) is 42.5 Å². The first-order chi connectivity index (χ1) is 15.5. The van der Waals surface area contributed by atoms with E-state index in [4.69, 9.17) is 21.5 Å². The number of anilines is 1. The van der Waals surface area contributed by atoms with Crippen molar-refractivity contribution in [3.8, 4) is 0 Å². The summed E-state index contributed by atoms with van der Waals surface area (Å²) in [5.74, 6) is -2.89. The number of hydrogen-bond donors (Lipinski definition) is 2. The Morgan fingerprint density at radius 3 is 2.27 bits per heavy atom. The lowest BCUT2D eigenvalue weighted by Crippen LogP contribution is -2.44. The first-order valence-electron chi connectivity index (χ1n) is 10.4. The van der Waals surface area contributed by atoms with E-state index in [1.807, 2.05) is 23.1 Å². The summed E-state index contributed by atoms with van der Waals surface area (Å²) < 4.78 is 44.8. The number of rotatable bonds is 3. The number of aliphatic carboxylic acids is 1. The van der Waals surface area contributed by atoms with E-state index in [0.717, 1.165) is 48.7 Å². The Bertz CT molecular complexity index is 1010. The molecule has 0 aliphatic carbocycles. The zero-order valence-corrected chi connectivity index (χ0v) is 18.3. The van der Waals surface area contributed by atoms with E-state index in [-0.39, 0.29) is 17.1 Å². The third-order valence-electron chi connectivity index (χ3n) is 5.93. The van der Waals surface area contributed by atoms with Gasteiger partial charge < -0.3 is 15.3 Å². The lowest BCUT2D eigenvalue weighted by atomic mass is 9.75. The summed E-state index contributed by atoms with van der Waals surface area (Å²) in [6.45, 7) is 2.65. The lowest BCUT2D eigenvalue weighted by molar-refractivity contribution is -0.192. The second-order valence-corrected chi connectivity index (χ2v) is 8.54. The van der Waals surface area contributed by atoms with Crippen molar-refractivity contribution < 1.29 is 32.3 Å². The third-order valence-corrected chi connectivity index (χ3v) is 6.16. The van der Waals surface area contributed by atoms with E-state index >= 15 is 0 Å². The fourth-order valence-corrected chi connectivity index (χ4v) is 4.41. The van der Waals surface area contributed by atoms with Gasteiger partial charge in [0.05, 0.1) is 0 Å². The van der Waals surface area contributed by atoms with Crippen LogP contribution in [0.2, 0.25) is 5.02 Å². The maximum atomic E-state index is 13.0. The molecule has 0 atom stereocenters. The summed E-state index contributed by atoms with van der Waals surface area (Å²) in [7, 11) is 0. The average Bonchev–Trinajstić information content (AvgIpc) is 3.06. The van der Waals surface area contributed by atoms with Crippen molar-refractivity contribution >= 4 is 29.2 Å². The molecule has 2 heterocycles. The monoisotopic (exact) mass is 486 g/mol. The van der Waals surface area contributed by atoms with Gasteiger partial charge in [0.1, 0.15) is 5.82 Å². The average molecular weight is 487 g/mol. The van der Waals surface area contributed by atoms with Crippen molar-refractivity contribution in [1.82, 2.24) is 5.32 Å². The van der Waals surface area contributed by atoms with Gasteiger partial charge in [-0.25, -0.2) is 9.18 Å². The highest BCUT2D eigenvalue weighted by molar-refractivity contribution is 6.30. The number of halogens is 5. The van der Waals surface area contributed by atoms with Crippen LogP contribution >= 0.6 is 11.6 Å². The molecule has 1 fully saturated rings. The Balaban J connectivity index is 0.000000383. The summed E-state index contributed by atoms with van der Waals surface area (Å²) >= 11 is 6.26.